The fourth-order valence-electron chi connectivity index (χ4n) is 3.22. The van der Waals surface area contributed by atoms with Gasteiger partial charge in [0.25, 0.3) is 0 Å². The molecule has 4 heteroatoms. The summed E-state index contributed by atoms with van der Waals surface area (Å²) in [7, 11) is 4.21. The topological polar surface area (TPSA) is 41.9 Å². The van der Waals surface area contributed by atoms with Crippen LogP contribution in [0.2, 0.25) is 0 Å². The summed E-state index contributed by atoms with van der Waals surface area (Å²) in [6.07, 6.45) is 2.20. The summed E-state index contributed by atoms with van der Waals surface area (Å²) in [5, 5.41) is 9.65. The number of hydrogen-bond acceptors (Lipinski definition) is 4. The van der Waals surface area contributed by atoms with Crippen LogP contribution in [0.3, 0.4) is 0 Å². The summed E-state index contributed by atoms with van der Waals surface area (Å²) in [5.41, 5.74) is -0.0362. The van der Waals surface area contributed by atoms with Gasteiger partial charge in [-0.2, -0.15) is 0 Å². The average molecular weight is 229 g/mol. The van der Waals surface area contributed by atoms with Crippen LogP contribution in [0.1, 0.15) is 12.8 Å². The van der Waals surface area contributed by atoms with E-state index in [4.69, 9.17) is 9.47 Å². The minimum Gasteiger partial charge on any atom is -0.396 e. The Morgan fingerprint density at radius 2 is 1.88 bits per heavy atom. The van der Waals surface area contributed by atoms with Crippen molar-refractivity contribution in [1.82, 2.24) is 4.90 Å². The summed E-state index contributed by atoms with van der Waals surface area (Å²) in [6, 6.07) is 0.412. The third kappa shape index (κ3) is 2.12. The van der Waals surface area contributed by atoms with Crippen molar-refractivity contribution in [2.24, 2.45) is 11.3 Å². The summed E-state index contributed by atoms with van der Waals surface area (Å²) in [5.74, 6) is 0.625. The van der Waals surface area contributed by atoms with Gasteiger partial charge in [-0.1, -0.05) is 0 Å². The lowest BCUT2D eigenvalue weighted by atomic mass is 9.70. The molecule has 0 aromatic carbocycles. The zero-order valence-electron chi connectivity index (χ0n) is 10.3. The lowest BCUT2D eigenvalue weighted by Crippen LogP contribution is -2.61. The van der Waals surface area contributed by atoms with Crippen molar-refractivity contribution in [3.8, 4) is 0 Å². The van der Waals surface area contributed by atoms with Crippen LogP contribution in [0.4, 0.5) is 0 Å². The molecule has 0 aromatic heterocycles. The summed E-state index contributed by atoms with van der Waals surface area (Å²) in [6.45, 7) is 3.34. The van der Waals surface area contributed by atoms with Gasteiger partial charge in [-0.25, -0.2) is 0 Å². The van der Waals surface area contributed by atoms with Crippen molar-refractivity contribution in [1.29, 1.82) is 0 Å². The smallest absolute Gasteiger partial charge is 0.0582 e. The van der Waals surface area contributed by atoms with E-state index in [2.05, 4.69) is 19.0 Å². The normalized spacial score (nSPS) is 27.8. The number of nitrogens with zero attached hydrogens (tertiary/aromatic N) is 1. The van der Waals surface area contributed by atoms with Crippen molar-refractivity contribution in [2.45, 2.75) is 18.9 Å². The highest BCUT2D eigenvalue weighted by atomic mass is 16.5. The van der Waals surface area contributed by atoms with Gasteiger partial charge in [0.15, 0.2) is 0 Å². The molecule has 0 spiro atoms. The molecular formula is C12H23NO3. The van der Waals surface area contributed by atoms with E-state index in [0.29, 0.717) is 25.2 Å². The molecule has 2 aliphatic heterocycles. The average Bonchev–Trinajstić information content (AvgIpc) is 2.24. The Labute approximate surface area is 97.5 Å². The third-order valence-corrected chi connectivity index (χ3v) is 3.99. The Balaban J connectivity index is 2.09. The van der Waals surface area contributed by atoms with Crippen molar-refractivity contribution in [2.75, 3.05) is 47.1 Å². The number of hydrogen-bond donors (Lipinski definition) is 1. The molecule has 94 valence electrons. The van der Waals surface area contributed by atoms with Crippen LogP contribution in [-0.4, -0.2) is 63.2 Å². The van der Waals surface area contributed by atoms with Crippen molar-refractivity contribution in [3.63, 3.8) is 0 Å². The molecule has 4 nitrogen and oxygen atoms in total. The molecule has 2 heterocycles. The van der Waals surface area contributed by atoms with Crippen LogP contribution in [0.25, 0.3) is 0 Å². The zero-order valence-corrected chi connectivity index (χ0v) is 10.3. The molecule has 0 radical (unpaired) electrons. The van der Waals surface area contributed by atoms with Gasteiger partial charge < -0.3 is 19.5 Å². The van der Waals surface area contributed by atoms with Crippen LogP contribution in [0.15, 0.2) is 0 Å². The molecule has 1 unspecified atom stereocenters. The second kappa shape index (κ2) is 5.00. The van der Waals surface area contributed by atoms with E-state index < -0.39 is 0 Å². The maximum Gasteiger partial charge on any atom is 0.0582 e. The van der Waals surface area contributed by atoms with Crippen LogP contribution < -0.4 is 0 Å². The minimum absolute atomic E-state index is 0.0362. The van der Waals surface area contributed by atoms with Gasteiger partial charge in [-0.05, 0) is 32.9 Å². The number of ether oxygens (including phenoxy) is 2. The molecule has 1 N–H and O–H groups in total. The maximum atomic E-state index is 9.65. The molecule has 0 aromatic rings. The second-order valence-corrected chi connectivity index (χ2v) is 5.37. The highest BCUT2D eigenvalue weighted by Crippen LogP contribution is 2.40. The molecule has 0 aliphatic carbocycles. The zero-order chi connectivity index (χ0) is 11.6. The summed E-state index contributed by atoms with van der Waals surface area (Å²) < 4.78 is 10.7. The van der Waals surface area contributed by atoms with E-state index in [1.54, 1.807) is 0 Å². The minimum atomic E-state index is -0.0362. The fourth-order valence-corrected chi connectivity index (χ4v) is 3.22. The van der Waals surface area contributed by atoms with E-state index in [0.717, 1.165) is 26.1 Å². The Morgan fingerprint density at radius 3 is 2.25 bits per heavy atom. The summed E-state index contributed by atoms with van der Waals surface area (Å²) >= 11 is 0. The molecule has 0 amide bonds. The van der Waals surface area contributed by atoms with Crippen molar-refractivity contribution >= 4 is 0 Å². The maximum absolute atomic E-state index is 9.65. The predicted octanol–water partition coefficient (Wildman–Crippen LogP) is 0.352. The van der Waals surface area contributed by atoms with Crippen LogP contribution in [0, 0.1) is 11.3 Å². The van der Waals surface area contributed by atoms with E-state index in [1.165, 1.54) is 0 Å². The van der Waals surface area contributed by atoms with E-state index in [1.807, 2.05) is 0 Å². The highest BCUT2D eigenvalue weighted by Gasteiger charge is 2.49. The number of rotatable bonds is 4. The van der Waals surface area contributed by atoms with Crippen LogP contribution in [-0.2, 0) is 9.47 Å². The first-order valence-corrected chi connectivity index (χ1v) is 6.12. The largest absolute Gasteiger partial charge is 0.396 e. The van der Waals surface area contributed by atoms with Gasteiger partial charge >= 0.3 is 0 Å². The molecule has 16 heavy (non-hydrogen) atoms. The molecule has 2 aliphatic rings. The Morgan fingerprint density at radius 1 is 1.25 bits per heavy atom. The Kier molecular flexibility index (Phi) is 3.85. The second-order valence-electron chi connectivity index (χ2n) is 5.37. The molecule has 1 atom stereocenters. The number of aliphatic hydroxyl groups is 1. The Hall–Kier alpha value is -0.160. The van der Waals surface area contributed by atoms with Crippen LogP contribution >= 0.6 is 0 Å². The Bertz CT molecular complexity index is 217. The highest BCUT2D eigenvalue weighted by molar-refractivity contribution is 4.99. The molecular weight excluding hydrogens is 206 g/mol. The van der Waals surface area contributed by atoms with E-state index >= 15 is 0 Å². The molecule has 0 saturated carbocycles. The fraction of sp³-hybridized carbons (Fsp3) is 1.00. The van der Waals surface area contributed by atoms with Gasteiger partial charge in [0.2, 0.25) is 0 Å². The lowest BCUT2D eigenvalue weighted by molar-refractivity contribution is -0.186. The van der Waals surface area contributed by atoms with E-state index in [-0.39, 0.29) is 12.0 Å². The van der Waals surface area contributed by atoms with Crippen molar-refractivity contribution in [3.05, 3.63) is 0 Å². The van der Waals surface area contributed by atoms with Gasteiger partial charge in [-0.3, -0.25) is 0 Å². The monoisotopic (exact) mass is 229 g/mol. The first-order valence-electron chi connectivity index (χ1n) is 6.12. The standard InChI is InChI=1S/C12H23NO3/c1-13(2)11(10-3-5-15-6-4-10)12(7-14)8-16-9-12/h10-11,14H,3-9H2,1-2H3. The van der Waals surface area contributed by atoms with Crippen molar-refractivity contribution < 1.29 is 14.6 Å². The first-order chi connectivity index (χ1) is 7.69. The van der Waals surface area contributed by atoms with Crippen LogP contribution in [0.5, 0.6) is 0 Å². The molecule has 2 saturated heterocycles. The third-order valence-electron chi connectivity index (χ3n) is 3.99. The van der Waals surface area contributed by atoms with Gasteiger partial charge in [0, 0.05) is 19.3 Å². The lowest BCUT2D eigenvalue weighted by Gasteiger charge is -2.52. The first kappa shape index (κ1) is 12.3. The quantitative estimate of drug-likeness (QED) is 0.755. The molecule has 0 bridgehead atoms. The molecule has 2 fully saturated rings. The van der Waals surface area contributed by atoms with E-state index in [9.17, 15) is 5.11 Å². The number of aliphatic hydroxyl groups excluding tert-OH is 1. The summed E-state index contributed by atoms with van der Waals surface area (Å²) in [4.78, 5) is 2.26. The van der Waals surface area contributed by atoms with Gasteiger partial charge in [0.05, 0.1) is 25.2 Å². The molecule has 2 rings (SSSR count). The predicted molar refractivity (Wildman–Crippen MR) is 61.4 cm³/mol. The van der Waals surface area contributed by atoms with Gasteiger partial charge in [-0.15, -0.1) is 0 Å². The SMILES string of the molecule is CN(C)C(C1CCOCC1)C1(CO)COC1. The van der Waals surface area contributed by atoms with Gasteiger partial charge in [0.1, 0.15) is 0 Å².